The highest BCUT2D eigenvalue weighted by atomic mass is 19.4. The van der Waals surface area contributed by atoms with E-state index in [0.717, 1.165) is 0 Å². The summed E-state index contributed by atoms with van der Waals surface area (Å²) in [5, 5.41) is 8.49. The van der Waals surface area contributed by atoms with Crippen molar-refractivity contribution in [2.45, 2.75) is 45.1 Å². The molecule has 1 N–H and O–H groups in total. The molecule has 0 bridgehead atoms. The Balaban J connectivity index is 5.04. The zero-order valence-electron chi connectivity index (χ0n) is 8.40. The van der Waals surface area contributed by atoms with Gasteiger partial charge in [0.2, 0.25) is 0 Å². The number of carboxylic acids is 1. The Bertz CT molecular complexity index is 229. The largest absolute Gasteiger partial charge is 0.479 e. The summed E-state index contributed by atoms with van der Waals surface area (Å²) in [5.74, 6) is -2.04. The third-order valence-corrected chi connectivity index (χ3v) is 1.46. The van der Waals surface area contributed by atoms with Crippen molar-refractivity contribution in [1.82, 2.24) is 0 Å². The quantitative estimate of drug-likeness (QED) is 0.766. The summed E-state index contributed by atoms with van der Waals surface area (Å²) in [5.41, 5.74) is -4.34. The van der Waals surface area contributed by atoms with E-state index in [1.165, 1.54) is 20.8 Å². The second-order valence-corrected chi connectivity index (χ2v) is 4.05. The molecule has 14 heavy (non-hydrogen) atoms. The highest BCUT2D eigenvalue weighted by Crippen LogP contribution is 2.36. The second-order valence-electron chi connectivity index (χ2n) is 4.05. The molecule has 1 unspecified atom stereocenters. The first-order valence-corrected chi connectivity index (χ1v) is 3.90. The van der Waals surface area contributed by atoms with Gasteiger partial charge in [0.1, 0.15) is 0 Å². The summed E-state index contributed by atoms with van der Waals surface area (Å²) in [6.07, 6.45) is -4.94. The molecule has 0 heterocycles. The number of halogens is 3. The molecule has 0 fully saturated rings. The molecule has 0 radical (unpaired) electrons. The fraction of sp³-hybridized carbons (Fsp3) is 0.875. The first-order chi connectivity index (χ1) is 5.90. The predicted octanol–water partition coefficient (Wildman–Crippen LogP) is 2.21. The third-order valence-electron chi connectivity index (χ3n) is 1.46. The van der Waals surface area contributed by atoms with Gasteiger partial charge in [-0.05, 0) is 27.7 Å². The number of hydrogen-bond acceptors (Lipinski definition) is 2. The van der Waals surface area contributed by atoms with Crippen LogP contribution in [0.25, 0.3) is 0 Å². The summed E-state index contributed by atoms with van der Waals surface area (Å²) in [7, 11) is 0. The molecule has 0 aromatic carbocycles. The lowest BCUT2D eigenvalue weighted by Crippen LogP contribution is -2.55. The van der Waals surface area contributed by atoms with Crippen molar-refractivity contribution in [3.05, 3.63) is 0 Å². The smallest absolute Gasteiger partial charge is 0.428 e. The van der Waals surface area contributed by atoms with E-state index >= 15 is 0 Å². The first-order valence-electron chi connectivity index (χ1n) is 3.90. The van der Waals surface area contributed by atoms with E-state index in [4.69, 9.17) is 5.11 Å². The molecule has 0 aliphatic carbocycles. The Morgan fingerprint density at radius 1 is 1.14 bits per heavy atom. The van der Waals surface area contributed by atoms with Crippen LogP contribution in [0.4, 0.5) is 13.2 Å². The van der Waals surface area contributed by atoms with Crippen LogP contribution >= 0.6 is 0 Å². The average molecular weight is 214 g/mol. The molecular weight excluding hydrogens is 201 g/mol. The van der Waals surface area contributed by atoms with Gasteiger partial charge in [-0.25, -0.2) is 4.79 Å². The molecular formula is C8H13F3O3. The van der Waals surface area contributed by atoms with Crippen molar-refractivity contribution in [3.8, 4) is 0 Å². The number of aliphatic carboxylic acids is 1. The number of alkyl halides is 3. The Morgan fingerprint density at radius 2 is 1.50 bits per heavy atom. The van der Waals surface area contributed by atoms with Gasteiger partial charge in [0.15, 0.2) is 0 Å². The summed E-state index contributed by atoms with van der Waals surface area (Å²) >= 11 is 0. The van der Waals surface area contributed by atoms with Crippen molar-refractivity contribution in [2.75, 3.05) is 0 Å². The zero-order chi connectivity index (χ0) is 11.8. The number of carbonyl (C=O) groups is 1. The van der Waals surface area contributed by atoms with Crippen LogP contribution in [0.15, 0.2) is 0 Å². The fourth-order valence-corrected chi connectivity index (χ4v) is 0.835. The number of carboxylic acid groups (broad SMARTS) is 1. The average Bonchev–Trinajstić information content (AvgIpc) is 1.79. The summed E-state index contributed by atoms with van der Waals surface area (Å²) in [6.45, 7) is 4.58. The molecule has 0 saturated heterocycles. The second kappa shape index (κ2) is 3.42. The van der Waals surface area contributed by atoms with Crippen LogP contribution in [0.2, 0.25) is 0 Å². The lowest BCUT2D eigenvalue weighted by atomic mass is 10.0. The maximum atomic E-state index is 12.4. The number of rotatable bonds is 2. The molecule has 0 aliphatic rings. The van der Waals surface area contributed by atoms with Gasteiger partial charge < -0.3 is 9.84 Å². The molecule has 0 spiro atoms. The zero-order valence-corrected chi connectivity index (χ0v) is 8.40. The van der Waals surface area contributed by atoms with Gasteiger partial charge in [0.25, 0.3) is 5.60 Å². The lowest BCUT2D eigenvalue weighted by Gasteiger charge is -2.34. The third kappa shape index (κ3) is 2.87. The van der Waals surface area contributed by atoms with E-state index in [-0.39, 0.29) is 0 Å². The van der Waals surface area contributed by atoms with Gasteiger partial charge in [-0.1, -0.05) is 0 Å². The monoisotopic (exact) mass is 214 g/mol. The van der Waals surface area contributed by atoms with Crippen molar-refractivity contribution in [1.29, 1.82) is 0 Å². The van der Waals surface area contributed by atoms with Crippen LogP contribution in [-0.2, 0) is 9.53 Å². The SMILES string of the molecule is CC(C)(C)OC(C)(C(=O)O)C(F)(F)F. The molecule has 0 aromatic heterocycles. The highest BCUT2D eigenvalue weighted by Gasteiger charge is 2.60. The van der Waals surface area contributed by atoms with Crippen molar-refractivity contribution < 1.29 is 27.8 Å². The highest BCUT2D eigenvalue weighted by molar-refractivity contribution is 5.78. The standard InChI is InChI=1S/C8H13F3O3/c1-6(2,3)14-7(4,5(12)13)8(9,10)11/h1-4H3,(H,12,13). The van der Waals surface area contributed by atoms with Gasteiger partial charge in [0.05, 0.1) is 5.60 Å². The summed E-state index contributed by atoms with van der Waals surface area (Å²) < 4.78 is 41.7. The molecule has 0 aromatic rings. The van der Waals surface area contributed by atoms with E-state index in [1.54, 1.807) is 0 Å². The molecule has 1 atom stereocenters. The van der Waals surface area contributed by atoms with E-state index in [9.17, 15) is 18.0 Å². The van der Waals surface area contributed by atoms with Crippen LogP contribution in [0, 0.1) is 0 Å². The lowest BCUT2D eigenvalue weighted by molar-refractivity contribution is -0.291. The maximum absolute atomic E-state index is 12.4. The van der Waals surface area contributed by atoms with Crippen molar-refractivity contribution in [2.24, 2.45) is 0 Å². The number of ether oxygens (including phenoxy) is 1. The Kier molecular flexibility index (Phi) is 3.23. The summed E-state index contributed by atoms with van der Waals surface area (Å²) in [6, 6.07) is 0. The molecule has 0 amide bonds. The van der Waals surface area contributed by atoms with Crippen LogP contribution in [-0.4, -0.2) is 28.5 Å². The van der Waals surface area contributed by atoms with Crippen molar-refractivity contribution >= 4 is 5.97 Å². The molecule has 0 rings (SSSR count). The van der Waals surface area contributed by atoms with Gasteiger partial charge in [0, 0.05) is 0 Å². The van der Waals surface area contributed by atoms with Crippen LogP contribution in [0.1, 0.15) is 27.7 Å². The van der Waals surface area contributed by atoms with E-state index in [0.29, 0.717) is 6.92 Å². The Labute approximate surface area is 79.9 Å². The van der Waals surface area contributed by atoms with Gasteiger partial charge in [-0.2, -0.15) is 13.2 Å². The molecule has 3 nitrogen and oxygen atoms in total. The normalized spacial score (nSPS) is 17.6. The molecule has 0 saturated carbocycles. The predicted molar refractivity (Wildman–Crippen MR) is 42.9 cm³/mol. The van der Waals surface area contributed by atoms with Gasteiger partial charge in [-0.3, -0.25) is 0 Å². The van der Waals surface area contributed by atoms with E-state index in [1.807, 2.05) is 0 Å². The Hall–Kier alpha value is -0.780. The molecule has 0 aliphatic heterocycles. The maximum Gasteiger partial charge on any atom is 0.428 e. The van der Waals surface area contributed by atoms with Crippen LogP contribution in [0.3, 0.4) is 0 Å². The van der Waals surface area contributed by atoms with Gasteiger partial charge >= 0.3 is 12.1 Å². The van der Waals surface area contributed by atoms with Gasteiger partial charge in [-0.15, -0.1) is 0 Å². The molecule has 84 valence electrons. The minimum atomic E-state index is -4.94. The minimum absolute atomic E-state index is 0.501. The van der Waals surface area contributed by atoms with Crippen molar-refractivity contribution in [3.63, 3.8) is 0 Å². The van der Waals surface area contributed by atoms with E-state index < -0.39 is 23.3 Å². The fourth-order valence-electron chi connectivity index (χ4n) is 0.835. The topological polar surface area (TPSA) is 46.5 Å². The Morgan fingerprint density at radius 3 is 1.57 bits per heavy atom. The van der Waals surface area contributed by atoms with Crippen LogP contribution < -0.4 is 0 Å². The van der Waals surface area contributed by atoms with E-state index in [2.05, 4.69) is 4.74 Å². The van der Waals surface area contributed by atoms with Crippen LogP contribution in [0.5, 0.6) is 0 Å². The molecule has 6 heteroatoms. The number of hydrogen-bond donors (Lipinski definition) is 1. The first kappa shape index (κ1) is 13.2. The minimum Gasteiger partial charge on any atom is -0.479 e. The summed E-state index contributed by atoms with van der Waals surface area (Å²) in [4.78, 5) is 10.5.